The molecule has 0 aliphatic carbocycles. The van der Waals surface area contributed by atoms with Crippen molar-refractivity contribution in [2.75, 3.05) is 0 Å². The monoisotopic (exact) mass is 292 g/mol. The van der Waals surface area contributed by atoms with Crippen LogP contribution < -0.4 is 4.74 Å². The van der Waals surface area contributed by atoms with E-state index in [0.717, 1.165) is 24.4 Å². The van der Waals surface area contributed by atoms with Gasteiger partial charge in [-0.15, -0.1) is 0 Å². The summed E-state index contributed by atoms with van der Waals surface area (Å²) in [5.74, 6) is -1.94. The molecule has 1 N–H and O–H groups in total. The number of carboxylic acids is 1. The molecule has 0 amide bonds. The zero-order chi connectivity index (χ0) is 15.4. The maximum absolute atomic E-state index is 13.0. The van der Waals surface area contributed by atoms with Crippen molar-refractivity contribution in [3.8, 4) is 5.75 Å². The quantitative estimate of drug-likeness (QED) is 0.670. The average Bonchev–Trinajstić information content (AvgIpc) is 2.46. The van der Waals surface area contributed by atoms with Gasteiger partial charge in [-0.3, -0.25) is 15.1 Å². The molecule has 108 valence electrons. The van der Waals surface area contributed by atoms with Crippen LogP contribution >= 0.6 is 0 Å². The van der Waals surface area contributed by atoms with Crippen molar-refractivity contribution in [1.82, 2.24) is 4.98 Å². The number of nitro benzene ring substituents is 1. The van der Waals surface area contributed by atoms with E-state index >= 15 is 0 Å². The van der Waals surface area contributed by atoms with Crippen LogP contribution in [0, 0.1) is 15.9 Å². The summed E-state index contributed by atoms with van der Waals surface area (Å²) in [6, 6.07) is 5.73. The number of ether oxygens (including phenoxy) is 1. The summed E-state index contributed by atoms with van der Waals surface area (Å²) in [5.41, 5.74) is -0.0812. The zero-order valence-corrected chi connectivity index (χ0v) is 10.5. The Labute approximate surface area is 117 Å². The summed E-state index contributed by atoms with van der Waals surface area (Å²) in [6.45, 7) is -0.105. The molecule has 0 saturated heterocycles. The van der Waals surface area contributed by atoms with E-state index in [1.807, 2.05) is 0 Å². The van der Waals surface area contributed by atoms with Gasteiger partial charge in [0.1, 0.15) is 12.4 Å². The van der Waals surface area contributed by atoms with Gasteiger partial charge >= 0.3 is 11.7 Å². The Morgan fingerprint density at radius 3 is 2.71 bits per heavy atom. The smallest absolute Gasteiger partial charge is 0.337 e. The molecule has 2 aromatic rings. The minimum atomic E-state index is -1.11. The maximum atomic E-state index is 13.0. The topological polar surface area (TPSA) is 103 Å². The number of nitro groups is 1. The summed E-state index contributed by atoms with van der Waals surface area (Å²) >= 11 is 0. The fourth-order valence-corrected chi connectivity index (χ4v) is 1.54. The van der Waals surface area contributed by atoms with Gasteiger partial charge in [0, 0.05) is 6.20 Å². The van der Waals surface area contributed by atoms with E-state index in [1.54, 1.807) is 0 Å². The number of benzene rings is 1. The van der Waals surface area contributed by atoms with Crippen molar-refractivity contribution < 1.29 is 24.0 Å². The molecule has 0 unspecified atom stereocenters. The second-order valence-corrected chi connectivity index (χ2v) is 4.00. The summed E-state index contributed by atoms with van der Waals surface area (Å²) in [4.78, 5) is 24.6. The van der Waals surface area contributed by atoms with Crippen LogP contribution in [0.2, 0.25) is 0 Å². The Morgan fingerprint density at radius 1 is 1.38 bits per heavy atom. The molecule has 1 aromatic heterocycles. The molecule has 0 atom stereocenters. The molecule has 7 nitrogen and oxygen atoms in total. The van der Waals surface area contributed by atoms with E-state index in [-0.39, 0.29) is 17.9 Å². The number of pyridine rings is 1. The van der Waals surface area contributed by atoms with E-state index in [1.165, 1.54) is 12.1 Å². The molecule has 0 bridgehead atoms. The minimum Gasteiger partial charge on any atom is -0.480 e. The molecule has 8 heteroatoms. The predicted molar refractivity (Wildman–Crippen MR) is 68.6 cm³/mol. The summed E-state index contributed by atoms with van der Waals surface area (Å²) in [7, 11) is 0. The van der Waals surface area contributed by atoms with Crippen molar-refractivity contribution in [1.29, 1.82) is 0 Å². The molecule has 0 aliphatic rings. The second-order valence-electron chi connectivity index (χ2n) is 4.00. The molecule has 0 aliphatic heterocycles. The number of aromatic carboxylic acids is 1. The summed E-state index contributed by atoms with van der Waals surface area (Å²) < 4.78 is 18.2. The molecule has 0 saturated carbocycles. The Hall–Kier alpha value is -3.03. The third kappa shape index (κ3) is 3.50. The molecule has 1 aromatic carbocycles. The highest BCUT2D eigenvalue weighted by atomic mass is 19.1. The molecule has 0 fully saturated rings. The first-order chi connectivity index (χ1) is 9.97. The van der Waals surface area contributed by atoms with Gasteiger partial charge < -0.3 is 9.84 Å². The van der Waals surface area contributed by atoms with Crippen molar-refractivity contribution in [2.45, 2.75) is 6.61 Å². The van der Waals surface area contributed by atoms with E-state index in [9.17, 15) is 19.3 Å². The Bertz CT molecular complexity index is 687. The predicted octanol–water partition coefficient (Wildman–Crippen LogP) is 2.41. The highest BCUT2D eigenvalue weighted by molar-refractivity contribution is 5.87. The molecular formula is C13H9FN2O5. The highest BCUT2D eigenvalue weighted by Gasteiger charge is 2.16. The molecule has 0 radical (unpaired) electrons. The Balaban J connectivity index is 2.13. The van der Waals surface area contributed by atoms with Crippen LogP contribution in [0.25, 0.3) is 0 Å². The Morgan fingerprint density at radius 2 is 2.14 bits per heavy atom. The lowest BCUT2D eigenvalue weighted by molar-refractivity contribution is -0.386. The number of hydrogen-bond donors (Lipinski definition) is 1. The Kier molecular flexibility index (Phi) is 4.07. The summed E-state index contributed by atoms with van der Waals surface area (Å²) in [5, 5.41) is 19.5. The van der Waals surface area contributed by atoms with Gasteiger partial charge in [0.05, 0.1) is 22.2 Å². The number of carboxylic acid groups (broad SMARTS) is 1. The number of nitrogens with zero attached hydrogens (tertiary/aromatic N) is 2. The molecule has 0 spiro atoms. The maximum Gasteiger partial charge on any atom is 0.337 e. The lowest BCUT2D eigenvalue weighted by Crippen LogP contribution is -2.03. The van der Waals surface area contributed by atoms with E-state index in [0.29, 0.717) is 5.69 Å². The largest absolute Gasteiger partial charge is 0.480 e. The first-order valence-corrected chi connectivity index (χ1v) is 5.72. The van der Waals surface area contributed by atoms with Crippen LogP contribution in [0.5, 0.6) is 5.75 Å². The van der Waals surface area contributed by atoms with Crippen LogP contribution in [-0.2, 0) is 6.61 Å². The average molecular weight is 292 g/mol. The fraction of sp³-hybridized carbons (Fsp3) is 0.0769. The van der Waals surface area contributed by atoms with Crippen LogP contribution in [0.1, 0.15) is 16.1 Å². The third-order valence-electron chi connectivity index (χ3n) is 2.56. The molecule has 1 heterocycles. The molecular weight excluding hydrogens is 283 g/mol. The van der Waals surface area contributed by atoms with Crippen LogP contribution in [0.3, 0.4) is 0 Å². The van der Waals surface area contributed by atoms with E-state index in [4.69, 9.17) is 9.84 Å². The van der Waals surface area contributed by atoms with Crippen molar-refractivity contribution in [3.05, 3.63) is 63.7 Å². The fourth-order valence-electron chi connectivity index (χ4n) is 1.54. The third-order valence-corrected chi connectivity index (χ3v) is 2.56. The minimum absolute atomic E-state index is 0.0199. The van der Waals surface area contributed by atoms with Gasteiger partial charge in [0.2, 0.25) is 0 Å². The number of hydrogen-bond acceptors (Lipinski definition) is 5. The van der Waals surface area contributed by atoms with Crippen molar-refractivity contribution >= 4 is 11.7 Å². The highest BCUT2D eigenvalue weighted by Crippen LogP contribution is 2.27. The number of aromatic nitrogens is 1. The molecule has 2 rings (SSSR count). The number of rotatable bonds is 5. The number of halogens is 1. The first kappa shape index (κ1) is 14.4. The SMILES string of the molecule is O=C(O)c1ccc(COc2ccc(F)cc2[N+](=O)[O-])nc1. The zero-order valence-electron chi connectivity index (χ0n) is 10.5. The first-order valence-electron chi connectivity index (χ1n) is 5.72. The van der Waals surface area contributed by atoms with Gasteiger partial charge in [0.15, 0.2) is 5.75 Å². The van der Waals surface area contributed by atoms with Gasteiger partial charge in [0.25, 0.3) is 0 Å². The number of carbonyl (C=O) groups is 1. The lowest BCUT2D eigenvalue weighted by atomic mass is 10.2. The van der Waals surface area contributed by atoms with Crippen LogP contribution in [-0.4, -0.2) is 21.0 Å². The van der Waals surface area contributed by atoms with Crippen LogP contribution in [0.15, 0.2) is 36.5 Å². The van der Waals surface area contributed by atoms with E-state index < -0.39 is 22.4 Å². The van der Waals surface area contributed by atoms with Crippen LogP contribution in [0.4, 0.5) is 10.1 Å². The molecule has 21 heavy (non-hydrogen) atoms. The standard InChI is InChI=1S/C13H9FN2O5/c14-9-2-4-12(11(5-9)16(19)20)21-7-10-3-1-8(6-15-10)13(17)18/h1-6H,7H2,(H,17,18). The van der Waals surface area contributed by atoms with Crippen molar-refractivity contribution in [2.24, 2.45) is 0 Å². The second kappa shape index (κ2) is 5.95. The lowest BCUT2D eigenvalue weighted by Gasteiger charge is -2.06. The van der Waals surface area contributed by atoms with Gasteiger partial charge in [-0.2, -0.15) is 0 Å². The van der Waals surface area contributed by atoms with Gasteiger partial charge in [-0.05, 0) is 24.3 Å². The van der Waals surface area contributed by atoms with Crippen molar-refractivity contribution in [3.63, 3.8) is 0 Å². The summed E-state index contributed by atoms with van der Waals surface area (Å²) in [6.07, 6.45) is 1.15. The normalized spacial score (nSPS) is 10.1. The van der Waals surface area contributed by atoms with Gasteiger partial charge in [-0.25, -0.2) is 9.18 Å². The van der Waals surface area contributed by atoms with E-state index in [2.05, 4.69) is 4.98 Å². The van der Waals surface area contributed by atoms with Gasteiger partial charge in [-0.1, -0.05) is 0 Å².